The molecule has 1 aliphatic heterocycles. The molecule has 0 aromatic carbocycles. The third kappa shape index (κ3) is 0.932. The fourth-order valence-electron chi connectivity index (χ4n) is 0.544. The molecule has 3 heteroatoms. The third-order valence-corrected chi connectivity index (χ3v) is 0.920. The highest BCUT2D eigenvalue weighted by atomic mass is 15.5. The predicted molar refractivity (Wildman–Crippen MR) is 29.1 cm³/mol. The summed E-state index contributed by atoms with van der Waals surface area (Å²) in [5, 5.41) is 3.43. The van der Waals surface area contributed by atoms with Gasteiger partial charge in [0.1, 0.15) is 0 Å². The van der Waals surface area contributed by atoms with E-state index in [0.717, 1.165) is 6.42 Å². The van der Waals surface area contributed by atoms with Crippen molar-refractivity contribution in [3.63, 3.8) is 0 Å². The van der Waals surface area contributed by atoms with Crippen molar-refractivity contribution in [1.29, 1.82) is 0 Å². The molecular formula is C5H7N3. The zero-order valence-corrected chi connectivity index (χ0v) is 4.41. The van der Waals surface area contributed by atoms with Gasteiger partial charge < -0.3 is 0 Å². The molecule has 0 unspecified atom stereocenters. The van der Waals surface area contributed by atoms with E-state index in [1.807, 2.05) is 17.4 Å². The molecule has 1 rings (SSSR count). The first-order valence-electron chi connectivity index (χ1n) is 2.45. The van der Waals surface area contributed by atoms with Crippen LogP contribution in [0.15, 0.2) is 24.6 Å². The Morgan fingerprint density at radius 3 is 2.38 bits per heavy atom. The number of nitrogens with one attached hydrogen (secondary N) is 1. The van der Waals surface area contributed by atoms with Crippen LogP contribution in [0.1, 0.15) is 6.42 Å². The lowest BCUT2D eigenvalue weighted by Gasteiger charge is -2.09. The molecule has 1 N–H and O–H groups in total. The Hall–Kier alpha value is -1.12. The minimum Gasteiger partial charge on any atom is -0.241 e. The number of rotatable bonds is 1. The van der Waals surface area contributed by atoms with Crippen molar-refractivity contribution in [2.45, 2.75) is 6.42 Å². The van der Waals surface area contributed by atoms with Crippen LogP contribution in [0.25, 0.3) is 5.53 Å². The number of hydrogen-bond donors (Lipinski definition) is 1. The first-order chi connectivity index (χ1) is 3.93. The molecular weight excluding hydrogens is 102 g/mol. The minimum atomic E-state index is 0.943. The van der Waals surface area contributed by atoms with Gasteiger partial charge in [-0.1, -0.05) is 12.2 Å². The molecule has 0 aromatic heterocycles. The highest BCUT2D eigenvalue weighted by molar-refractivity contribution is 4.97. The molecule has 0 bridgehead atoms. The summed E-state index contributed by atoms with van der Waals surface area (Å²) in [7, 11) is 0. The second kappa shape index (κ2) is 2.26. The van der Waals surface area contributed by atoms with Crippen molar-refractivity contribution in [3.05, 3.63) is 30.1 Å². The van der Waals surface area contributed by atoms with Crippen LogP contribution in [0, 0.1) is 0 Å². The van der Waals surface area contributed by atoms with Gasteiger partial charge >= 0.3 is 0 Å². The smallest absolute Gasteiger partial charge is 0.0166 e. The van der Waals surface area contributed by atoms with Crippen LogP contribution in [0.5, 0.6) is 0 Å². The van der Waals surface area contributed by atoms with Crippen LogP contribution in [0.2, 0.25) is 0 Å². The maximum Gasteiger partial charge on any atom is -0.0166 e. The van der Waals surface area contributed by atoms with E-state index < -0.39 is 0 Å². The van der Waals surface area contributed by atoms with Crippen molar-refractivity contribution in [3.8, 4) is 0 Å². The zero-order valence-electron chi connectivity index (χ0n) is 4.41. The highest BCUT2D eigenvalue weighted by Crippen LogP contribution is 1.93. The lowest BCUT2D eigenvalue weighted by molar-refractivity contribution is -0.632. The highest BCUT2D eigenvalue weighted by Gasteiger charge is 1.86. The molecule has 0 saturated heterocycles. The first-order valence-corrected chi connectivity index (χ1v) is 2.45. The third-order valence-electron chi connectivity index (χ3n) is 0.920. The Bertz CT molecular complexity index is 125. The van der Waals surface area contributed by atoms with E-state index in [1.54, 1.807) is 12.4 Å². The number of allylic oxidation sites excluding steroid dienone is 2. The van der Waals surface area contributed by atoms with E-state index in [1.165, 1.54) is 5.01 Å². The minimum absolute atomic E-state index is 0.943. The van der Waals surface area contributed by atoms with Crippen LogP contribution >= 0.6 is 0 Å². The van der Waals surface area contributed by atoms with Crippen molar-refractivity contribution >= 4 is 0 Å². The summed E-state index contributed by atoms with van der Waals surface area (Å²) >= 11 is 0. The molecule has 8 heavy (non-hydrogen) atoms. The van der Waals surface area contributed by atoms with E-state index in [9.17, 15) is 0 Å². The normalized spacial score (nSPS) is 16.8. The van der Waals surface area contributed by atoms with Gasteiger partial charge in [0.2, 0.25) is 0 Å². The first kappa shape index (κ1) is 5.03. The Morgan fingerprint density at radius 1 is 1.38 bits per heavy atom. The largest absolute Gasteiger partial charge is 0.241 e. The molecule has 1 aliphatic rings. The van der Waals surface area contributed by atoms with Gasteiger partial charge in [-0.05, 0) is 18.8 Å². The molecule has 0 aliphatic carbocycles. The Labute approximate surface area is 47.8 Å². The summed E-state index contributed by atoms with van der Waals surface area (Å²) in [4.78, 5) is 0. The quantitative estimate of drug-likeness (QED) is 0.463. The predicted octanol–water partition coefficient (Wildman–Crippen LogP) is -0.263. The summed E-state index contributed by atoms with van der Waals surface area (Å²) in [6.45, 7) is 0. The molecule has 0 fully saturated rings. The van der Waals surface area contributed by atoms with Crippen molar-refractivity contribution < 1.29 is 5.22 Å². The zero-order chi connectivity index (χ0) is 5.82. The summed E-state index contributed by atoms with van der Waals surface area (Å²) in [6.07, 6.45) is 8.31. The molecule has 0 aromatic rings. The second-order valence-corrected chi connectivity index (χ2v) is 1.51. The fourth-order valence-corrected chi connectivity index (χ4v) is 0.544. The standard InChI is InChI=1S/C5H7N3/c6-7-8-4-2-1-3-5-8/h2-5,7H,1H2. The number of hydrazine groups is 1. The van der Waals surface area contributed by atoms with Crippen LogP contribution < -0.4 is 5.22 Å². The molecule has 3 nitrogen and oxygen atoms in total. The van der Waals surface area contributed by atoms with Crippen LogP contribution in [0.4, 0.5) is 0 Å². The van der Waals surface area contributed by atoms with E-state index in [2.05, 4.69) is 0 Å². The monoisotopic (exact) mass is 109 g/mol. The topological polar surface area (TPSA) is 39.5 Å². The Morgan fingerprint density at radius 2 is 2.00 bits per heavy atom. The van der Waals surface area contributed by atoms with Gasteiger partial charge in [0.25, 0.3) is 0 Å². The Balaban J connectivity index is 2.54. The fraction of sp³-hybridized carbons (Fsp3) is 0.200. The SMILES string of the molecule is [N-]=[NH+]N1C=CCC=C1. The summed E-state index contributed by atoms with van der Waals surface area (Å²) in [6, 6.07) is 0. The molecule has 0 atom stereocenters. The summed E-state index contributed by atoms with van der Waals surface area (Å²) in [5.74, 6) is 0. The maximum atomic E-state index is 8.26. The van der Waals surface area contributed by atoms with Gasteiger partial charge in [0.15, 0.2) is 0 Å². The summed E-state index contributed by atoms with van der Waals surface area (Å²) in [5.41, 5.74) is 8.26. The van der Waals surface area contributed by atoms with Gasteiger partial charge in [-0.3, -0.25) is 0 Å². The number of nitrogens with zero attached hydrogens (tertiary/aromatic N) is 2. The number of hydrogen-bond acceptors (Lipinski definition) is 0. The molecule has 42 valence electrons. The van der Waals surface area contributed by atoms with Crippen LogP contribution in [-0.2, 0) is 0 Å². The molecule has 0 amide bonds. The van der Waals surface area contributed by atoms with E-state index in [-0.39, 0.29) is 0 Å². The lowest BCUT2D eigenvalue weighted by Crippen LogP contribution is -2.72. The average molecular weight is 109 g/mol. The lowest BCUT2D eigenvalue weighted by atomic mass is 10.3. The average Bonchev–Trinajstić information content (AvgIpc) is 1.90. The van der Waals surface area contributed by atoms with Crippen LogP contribution in [0.3, 0.4) is 0 Å². The molecule has 0 radical (unpaired) electrons. The molecule has 0 spiro atoms. The van der Waals surface area contributed by atoms with Crippen molar-refractivity contribution in [2.75, 3.05) is 0 Å². The van der Waals surface area contributed by atoms with E-state index >= 15 is 0 Å². The van der Waals surface area contributed by atoms with Gasteiger partial charge in [-0.15, -0.1) is 0 Å². The van der Waals surface area contributed by atoms with E-state index in [4.69, 9.17) is 5.53 Å². The van der Waals surface area contributed by atoms with E-state index in [0.29, 0.717) is 0 Å². The van der Waals surface area contributed by atoms with Gasteiger partial charge in [0, 0.05) is 0 Å². The second-order valence-electron chi connectivity index (χ2n) is 1.51. The van der Waals surface area contributed by atoms with Crippen molar-refractivity contribution in [1.82, 2.24) is 5.01 Å². The van der Waals surface area contributed by atoms with Crippen molar-refractivity contribution in [2.24, 2.45) is 0 Å². The molecule has 0 saturated carbocycles. The molecule has 1 heterocycles. The van der Waals surface area contributed by atoms with Gasteiger partial charge in [-0.25, -0.2) is 5.01 Å². The van der Waals surface area contributed by atoms with Crippen LogP contribution in [-0.4, -0.2) is 5.01 Å². The Kier molecular flexibility index (Phi) is 1.42. The van der Waals surface area contributed by atoms with Gasteiger partial charge in [-0.2, -0.15) is 10.8 Å². The summed E-state index contributed by atoms with van der Waals surface area (Å²) < 4.78 is 0. The van der Waals surface area contributed by atoms with Gasteiger partial charge in [0.05, 0.1) is 0 Å². The maximum absolute atomic E-state index is 8.26.